The van der Waals surface area contributed by atoms with E-state index in [0.29, 0.717) is 36.0 Å². The highest BCUT2D eigenvalue weighted by Crippen LogP contribution is 2.52. The molecule has 0 radical (unpaired) electrons. The van der Waals surface area contributed by atoms with Crippen LogP contribution in [0.15, 0.2) is 72.8 Å². The Kier molecular flexibility index (Phi) is 9.82. The van der Waals surface area contributed by atoms with Gasteiger partial charge in [-0.3, -0.25) is 4.79 Å². The quantitative estimate of drug-likeness (QED) is 0.162. The molecule has 0 heterocycles. The van der Waals surface area contributed by atoms with Gasteiger partial charge >= 0.3 is 5.97 Å². The highest BCUT2D eigenvalue weighted by molar-refractivity contribution is 5.90. The van der Waals surface area contributed by atoms with Crippen molar-refractivity contribution in [2.45, 2.75) is 78.2 Å². The van der Waals surface area contributed by atoms with E-state index in [1.54, 1.807) is 7.11 Å². The summed E-state index contributed by atoms with van der Waals surface area (Å²) in [5.74, 6) is 2.61. The summed E-state index contributed by atoms with van der Waals surface area (Å²) in [6.45, 7) is 6.67. The molecule has 0 spiro atoms. The zero-order valence-corrected chi connectivity index (χ0v) is 25.7. The number of ketones is 1. The van der Waals surface area contributed by atoms with E-state index < -0.39 is 0 Å². The molecule has 0 N–H and O–H groups in total. The van der Waals surface area contributed by atoms with Gasteiger partial charge in [-0.05, 0) is 89.8 Å². The average Bonchev–Trinajstić information content (AvgIpc) is 3.36. The summed E-state index contributed by atoms with van der Waals surface area (Å²) >= 11 is 0. The molecule has 0 aliphatic heterocycles. The van der Waals surface area contributed by atoms with Crippen LogP contribution in [0.1, 0.15) is 80.8 Å². The largest absolute Gasteiger partial charge is 0.496 e. The lowest BCUT2D eigenvalue weighted by Gasteiger charge is -2.37. The van der Waals surface area contributed by atoms with Crippen molar-refractivity contribution in [2.75, 3.05) is 7.11 Å². The van der Waals surface area contributed by atoms with Crippen molar-refractivity contribution >= 4 is 11.8 Å². The molecule has 2 aliphatic carbocycles. The molecule has 0 amide bonds. The maximum atomic E-state index is 13.5. The number of benzene rings is 3. The van der Waals surface area contributed by atoms with Gasteiger partial charge in [-0.2, -0.15) is 0 Å². The molecule has 0 bridgehead atoms. The van der Waals surface area contributed by atoms with Crippen molar-refractivity contribution in [1.29, 1.82) is 0 Å². The summed E-state index contributed by atoms with van der Waals surface area (Å²) in [5.41, 5.74) is 5.43. The van der Waals surface area contributed by atoms with E-state index >= 15 is 0 Å². The molecule has 6 atom stereocenters. The van der Waals surface area contributed by atoms with Gasteiger partial charge in [0.2, 0.25) is 0 Å². The second-order valence-corrected chi connectivity index (χ2v) is 12.7. The Balaban J connectivity index is 1.35. The number of carbonyl (C=O) groups is 2. The third kappa shape index (κ3) is 6.64. The minimum atomic E-state index is -0.256. The van der Waals surface area contributed by atoms with E-state index in [1.807, 2.05) is 42.5 Å². The molecule has 3 aromatic rings. The van der Waals surface area contributed by atoms with Crippen LogP contribution in [0.25, 0.3) is 11.1 Å². The SMILES string of the molecule is CCCCCC(=O)C[C@@H](C)C(C)[C@@H]1[C@H]2Cc3cccc(OC)c3C[C@H]2C[C@H]1OC(=O)c1ccc(-c2ccccc2)cc1. The fourth-order valence-corrected chi connectivity index (χ4v) is 7.59. The first-order chi connectivity index (χ1) is 20.4. The molecule has 5 rings (SSSR count). The Morgan fingerprint density at radius 3 is 2.33 bits per heavy atom. The number of hydrogen-bond acceptors (Lipinski definition) is 4. The van der Waals surface area contributed by atoms with Crippen LogP contribution in [0.3, 0.4) is 0 Å². The monoisotopic (exact) mass is 566 g/mol. The second-order valence-electron chi connectivity index (χ2n) is 12.7. The number of rotatable bonds is 12. The smallest absolute Gasteiger partial charge is 0.338 e. The van der Waals surface area contributed by atoms with Crippen molar-refractivity contribution in [3.8, 4) is 16.9 Å². The first-order valence-electron chi connectivity index (χ1n) is 15.9. The lowest BCUT2D eigenvalue weighted by molar-refractivity contribution is -0.120. The van der Waals surface area contributed by atoms with Crippen LogP contribution >= 0.6 is 0 Å². The van der Waals surface area contributed by atoms with Gasteiger partial charge in [-0.25, -0.2) is 4.79 Å². The van der Waals surface area contributed by atoms with Crippen LogP contribution in [-0.4, -0.2) is 25.0 Å². The number of Topliss-reactive ketones (excluding diaryl/α,β-unsaturated/α-hetero) is 1. The Bertz CT molecular complexity index is 1350. The van der Waals surface area contributed by atoms with Crippen molar-refractivity contribution in [3.05, 3.63) is 89.5 Å². The Hall–Kier alpha value is -3.40. The maximum absolute atomic E-state index is 13.5. The van der Waals surface area contributed by atoms with Crippen molar-refractivity contribution in [2.24, 2.45) is 29.6 Å². The molecule has 222 valence electrons. The fraction of sp³-hybridized carbons (Fsp3) is 0.474. The number of hydrogen-bond donors (Lipinski definition) is 0. The molecular weight excluding hydrogens is 520 g/mol. The first kappa shape index (κ1) is 30.1. The van der Waals surface area contributed by atoms with E-state index in [0.717, 1.165) is 55.4 Å². The molecule has 1 unspecified atom stereocenters. The minimum Gasteiger partial charge on any atom is -0.496 e. The molecule has 0 aromatic heterocycles. The third-order valence-electron chi connectivity index (χ3n) is 10.0. The Morgan fingerprint density at radius 2 is 1.62 bits per heavy atom. The average molecular weight is 567 g/mol. The highest BCUT2D eigenvalue weighted by atomic mass is 16.5. The normalized spacial score (nSPS) is 22.5. The molecule has 0 saturated heterocycles. The van der Waals surface area contributed by atoms with Crippen molar-refractivity contribution < 1.29 is 19.1 Å². The molecular formula is C38H46O4. The summed E-state index contributed by atoms with van der Waals surface area (Å²) in [5, 5.41) is 0. The minimum absolute atomic E-state index is 0.172. The van der Waals surface area contributed by atoms with Gasteiger partial charge in [0, 0.05) is 18.8 Å². The number of unbranched alkanes of at least 4 members (excludes halogenated alkanes) is 2. The Labute approximate surface area is 251 Å². The van der Waals surface area contributed by atoms with Crippen LogP contribution in [0.5, 0.6) is 5.75 Å². The molecule has 2 aliphatic rings. The first-order valence-corrected chi connectivity index (χ1v) is 15.9. The second kappa shape index (κ2) is 13.7. The van der Waals surface area contributed by atoms with Crippen LogP contribution in [-0.2, 0) is 22.4 Å². The topological polar surface area (TPSA) is 52.6 Å². The highest BCUT2D eigenvalue weighted by Gasteiger charge is 2.50. The van der Waals surface area contributed by atoms with E-state index in [9.17, 15) is 9.59 Å². The zero-order chi connectivity index (χ0) is 29.6. The molecule has 3 aromatic carbocycles. The molecule has 1 fully saturated rings. The third-order valence-corrected chi connectivity index (χ3v) is 10.0. The number of fused-ring (bicyclic) bond motifs is 2. The zero-order valence-electron chi connectivity index (χ0n) is 25.7. The van der Waals surface area contributed by atoms with Gasteiger partial charge in [0.15, 0.2) is 0 Å². The fourth-order valence-electron chi connectivity index (χ4n) is 7.59. The van der Waals surface area contributed by atoms with Gasteiger partial charge in [0.05, 0.1) is 12.7 Å². The number of esters is 1. The standard InChI is InChI=1S/C38H46O4/c1-5-6-8-15-32(39)21-25(2)26(3)37-34-22-30-14-11-16-35(41-4)33(30)23-31(34)24-36(37)42-38(40)29-19-17-28(18-20-29)27-12-9-7-10-13-27/h7,9-14,16-20,25-26,31,34,36-37H,5-6,8,15,21-24H2,1-4H3/t25-,26?,31+,34+,36-,37-/m1/s1. The summed E-state index contributed by atoms with van der Waals surface area (Å²) < 4.78 is 12.1. The molecule has 4 heteroatoms. The lowest BCUT2D eigenvalue weighted by Crippen LogP contribution is -2.36. The van der Waals surface area contributed by atoms with Crippen molar-refractivity contribution in [1.82, 2.24) is 0 Å². The van der Waals surface area contributed by atoms with Crippen LogP contribution < -0.4 is 4.74 Å². The van der Waals surface area contributed by atoms with E-state index in [1.165, 1.54) is 11.1 Å². The predicted octanol–water partition coefficient (Wildman–Crippen LogP) is 8.75. The lowest BCUT2D eigenvalue weighted by atomic mass is 9.69. The maximum Gasteiger partial charge on any atom is 0.338 e. The van der Waals surface area contributed by atoms with Crippen LogP contribution in [0, 0.1) is 29.6 Å². The van der Waals surface area contributed by atoms with Crippen LogP contribution in [0.2, 0.25) is 0 Å². The summed E-state index contributed by atoms with van der Waals surface area (Å²) in [6, 6.07) is 24.3. The van der Waals surface area contributed by atoms with Gasteiger partial charge in [0.25, 0.3) is 0 Å². The van der Waals surface area contributed by atoms with E-state index in [4.69, 9.17) is 9.47 Å². The van der Waals surface area contributed by atoms with E-state index in [-0.39, 0.29) is 29.8 Å². The van der Waals surface area contributed by atoms with Crippen molar-refractivity contribution in [3.63, 3.8) is 0 Å². The molecule has 1 saturated carbocycles. The molecule has 4 nitrogen and oxygen atoms in total. The molecule has 42 heavy (non-hydrogen) atoms. The predicted molar refractivity (Wildman–Crippen MR) is 169 cm³/mol. The van der Waals surface area contributed by atoms with Gasteiger partial charge in [0.1, 0.15) is 17.6 Å². The van der Waals surface area contributed by atoms with Gasteiger partial charge < -0.3 is 9.47 Å². The number of carbonyl (C=O) groups excluding carboxylic acids is 2. The number of methoxy groups -OCH3 is 1. The number of ether oxygens (including phenoxy) is 2. The summed E-state index contributed by atoms with van der Waals surface area (Å²) in [4.78, 5) is 26.4. The van der Waals surface area contributed by atoms with Crippen LogP contribution in [0.4, 0.5) is 0 Å². The Morgan fingerprint density at radius 1 is 0.881 bits per heavy atom. The van der Waals surface area contributed by atoms with E-state index in [2.05, 4.69) is 51.1 Å². The summed E-state index contributed by atoms with van der Waals surface area (Å²) in [6.07, 6.45) is 7.06. The summed E-state index contributed by atoms with van der Waals surface area (Å²) in [7, 11) is 1.74. The van der Waals surface area contributed by atoms with Gasteiger partial charge in [-0.15, -0.1) is 0 Å². The van der Waals surface area contributed by atoms with Gasteiger partial charge in [-0.1, -0.05) is 88.2 Å².